The molecule has 1 fully saturated rings. The monoisotopic (exact) mass is 272 g/mol. The zero-order valence-electron chi connectivity index (χ0n) is 11.5. The van der Waals surface area contributed by atoms with E-state index in [1.165, 1.54) is 12.8 Å². The summed E-state index contributed by atoms with van der Waals surface area (Å²) < 4.78 is 5.46. The highest BCUT2D eigenvalue weighted by molar-refractivity contribution is 5.94. The first-order chi connectivity index (χ1) is 9.79. The van der Waals surface area contributed by atoms with Gasteiger partial charge in [-0.05, 0) is 43.0 Å². The van der Waals surface area contributed by atoms with Gasteiger partial charge in [-0.15, -0.1) is 0 Å². The molecule has 0 spiro atoms. The van der Waals surface area contributed by atoms with Crippen LogP contribution in [0.25, 0.3) is 0 Å². The first kappa shape index (κ1) is 14.6. The van der Waals surface area contributed by atoms with E-state index in [0.717, 1.165) is 18.1 Å². The van der Waals surface area contributed by atoms with E-state index in [2.05, 4.69) is 17.2 Å². The van der Waals surface area contributed by atoms with E-state index in [1.54, 1.807) is 12.1 Å². The molecule has 3 N–H and O–H groups in total. The number of hydrogen-bond acceptors (Lipinski definition) is 3. The summed E-state index contributed by atoms with van der Waals surface area (Å²) in [6.45, 7) is 2.27. The zero-order chi connectivity index (χ0) is 14.2. The molecule has 0 radical (unpaired) electrons. The van der Waals surface area contributed by atoms with Crippen molar-refractivity contribution in [1.29, 1.82) is 0 Å². The van der Waals surface area contributed by atoms with E-state index < -0.39 is 0 Å². The van der Waals surface area contributed by atoms with Crippen molar-refractivity contribution < 1.29 is 9.53 Å². The summed E-state index contributed by atoms with van der Waals surface area (Å²) in [5, 5.41) is 2.84. The van der Waals surface area contributed by atoms with E-state index in [9.17, 15) is 4.79 Å². The van der Waals surface area contributed by atoms with Crippen LogP contribution < -0.4 is 11.1 Å². The highest BCUT2D eigenvalue weighted by Gasteiger charge is 2.20. The average molecular weight is 272 g/mol. The van der Waals surface area contributed by atoms with Crippen molar-refractivity contribution in [2.45, 2.75) is 12.8 Å². The lowest BCUT2D eigenvalue weighted by atomic mass is 10.1. The Morgan fingerprint density at radius 3 is 2.75 bits per heavy atom. The number of carbonyl (C=O) groups is 1. The molecule has 4 nitrogen and oxygen atoms in total. The van der Waals surface area contributed by atoms with Crippen molar-refractivity contribution in [3.8, 4) is 11.8 Å². The molecule has 1 amide bonds. The zero-order valence-corrected chi connectivity index (χ0v) is 11.5. The van der Waals surface area contributed by atoms with Crippen LogP contribution in [0.15, 0.2) is 24.3 Å². The second kappa shape index (κ2) is 7.68. The van der Waals surface area contributed by atoms with E-state index in [-0.39, 0.29) is 5.91 Å². The maximum Gasteiger partial charge on any atom is 0.251 e. The SMILES string of the molecule is NCC#Cc1ccc(C(=O)NCCOCC2CC2)cc1. The molecular formula is C16H20N2O2. The van der Waals surface area contributed by atoms with Gasteiger partial charge in [0.1, 0.15) is 0 Å². The van der Waals surface area contributed by atoms with Gasteiger partial charge in [-0.2, -0.15) is 0 Å². The molecule has 20 heavy (non-hydrogen) atoms. The van der Waals surface area contributed by atoms with Crippen LogP contribution in [0.5, 0.6) is 0 Å². The number of carbonyl (C=O) groups excluding carboxylic acids is 1. The van der Waals surface area contributed by atoms with Crippen LogP contribution in [0.4, 0.5) is 0 Å². The molecule has 0 atom stereocenters. The van der Waals surface area contributed by atoms with Gasteiger partial charge in [-0.3, -0.25) is 4.79 Å². The van der Waals surface area contributed by atoms with Crippen molar-refractivity contribution in [3.63, 3.8) is 0 Å². The van der Waals surface area contributed by atoms with Crippen LogP contribution in [-0.4, -0.2) is 32.2 Å². The van der Waals surface area contributed by atoms with E-state index >= 15 is 0 Å². The molecule has 0 aromatic heterocycles. The number of benzene rings is 1. The maximum atomic E-state index is 11.9. The molecule has 0 aliphatic heterocycles. The van der Waals surface area contributed by atoms with Gasteiger partial charge in [0.05, 0.1) is 13.2 Å². The fourth-order valence-electron chi connectivity index (χ4n) is 1.73. The number of hydrogen-bond donors (Lipinski definition) is 2. The molecule has 0 bridgehead atoms. The van der Waals surface area contributed by atoms with Gasteiger partial charge in [0.2, 0.25) is 0 Å². The molecule has 1 aromatic rings. The summed E-state index contributed by atoms with van der Waals surface area (Å²) in [4.78, 5) is 11.9. The van der Waals surface area contributed by atoms with Crippen LogP contribution in [0.3, 0.4) is 0 Å². The predicted octanol–water partition coefficient (Wildman–Crippen LogP) is 1.15. The van der Waals surface area contributed by atoms with Crippen molar-refractivity contribution in [2.24, 2.45) is 11.7 Å². The molecule has 0 unspecified atom stereocenters. The van der Waals surface area contributed by atoms with Crippen LogP contribution in [0, 0.1) is 17.8 Å². The Kier molecular flexibility index (Phi) is 5.60. The Morgan fingerprint density at radius 1 is 1.35 bits per heavy atom. The van der Waals surface area contributed by atoms with Gasteiger partial charge in [0.15, 0.2) is 0 Å². The van der Waals surface area contributed by atoms with Gasteiger partial charge < -0.3 is 15.8 Å². The van der Waals surface area contributed by atoms with Gasteiger partial charge in [-0.1, -0.05) is 11.8 Å². The lowest BCUT2D eigenvalue weighted by molar-refractivity contribution is 0.0906. The fourth-order valence-corrected chi connectivity index (χ4v) is 1.73. The first-order valence-corrected chi connectivity index (χ1v) is 6.94. The Labute approximate surface area is 119 Å². The summed E-state index contributed by atoms with van der Waals surface area (Å²) in [6, 6.07) is 7.17. The number of rotatable bonds is 6. The Morgan fingerprint density at radius 2 is 2.10 bits per heavy atom. The summed E-state index contributed by atoms with van der Waals surface area (Å²) in [5.41, 5.74) is 6.80. The molecule has 0 heterocycles. The number of nitrogens with one attached hydrogen (secondary N) is 1. The van der Waals surface area contributed by atoms with Crippen LogP contribution >= 0.6 is 0 Å². The topological polar surface area (TPSA) is 64.4 Å². The van der Waals surface area contributed by atoms with Crippen LogP contribution in [0.1, 0.15) is 28.8 Å². The molecular weight excluding hydrogens is 252 g/mol. The summed E-state index contributed by atoms with van der Waals surface area (Å²) >= 11 is 0. The minimum absolute atomic E-state index is 0.0849. The smallest absolute Gasteiger partial charge is 0.251 e. The summed E-state index contributed by atoms with van der Waals surface area (Å²) in [6.07, 6.45) is 2.57. The highest BCUT2D eigenvalue weighted by Crippen LogP contribution is 2.28. The average Bonchev–Trinajstić information content (AvgIpc) is 3.29. The normalized spacial score (nSPS) is 13.4. The second-order valence-corrected chi connectivity index (χ2v) is 4.86. The van der Waals surface area contributed by atoms with Gasteiger partial charge >= 0.3 is 0 Å². The molecule has 1 aromatic carbocycles. The first-order valence-electron chi connectivity index (χ1n) is 6.94. The minimum Gasteiger partial charge on any atom is -0.379 e. The summed E-state index contributed by atoms with van der Waals surface area (Å²) in [7, 11) is 0. The maximum absolute atomic E-state index is 11.9. The third kappa shape index (κ3) is 5.04. The Bertz CT molecular complexity index is 495. The van der Waals surface area contributed by atoms with E-state index in [0.29, 0.717) is 25.3 Å². The van der Waals surface area contributed by atoms with Crippen molar-refractivity contribution in [3.05, 3.63) is 35.4 Å². The molecule has 1 aliphatic rings. The highest BCUT2D eigenvalue weighted by atomic mass is 16.5. The standard InChI is InChI=1S/C16H20N2O2/c17-9-1-2-13-5-7-15(8-6-13)16(19)18-10-11-20-12-14-3-4-14/h5-8,14H,3-4,9-12,17H2,(H,18,19). The quantitative estimate of drug-likeness (QED) is 0.603. The van der Waals surface area contributed by atoms with E-state index in [1.807, 2.05) is 12.1 Å². The van der Waals surface area contributed by atoms with Crippen molar-refractivity contribution >= 4 is 5.91 Å². The molecule has 106 valence electrons. The van der Waals surface area contributed by atoms with Gasteiger partial charge in [-0.25, -0.2) is 0 Å². The Hall–Kier alpha value is -1.83. The van der Waals surface area contributed by atoms with Crippen molar-refractivity contribution in [2.75, 3.05) is 26.3 Å². The fraction of sp³-hybridized carbons (Fsp3) is 0.438. The number of amides is 1. The number of nitrogens with two attached hydrogens (primary N) is 1. The molecule has 0 saturated heterocycles. The van der Waals surface area contributed by atoms with Crippen LogP contribution in [0.2, 0.25) is 0 Å². The predicted molar refractivity (Wildman–Crippen MR) is 78.3 cm³/mol. The second-order valence-electron chi connectivity index (χ2n) is 4.86. The molecule has 1 saturated carbocycles. The van der Waals surface area contributed by atoms with Gasteiger partial charge in [0.25, 0.3) is 5.91 Å². The molecule has 1 aliphatic carbocycles. The van der Waals surface area contributed by atoms with Crippen molar-refractivity contribution in [1.82, 2.24) is 5.32 Å². The third-order valence-corrected chi connectivity index (χ3v) is 3.06. The minimum atomic E-state index is -0.0849. The molecule has 4 heteroatoms. The lowest BCUT2D eigenvalue weighted by Gasteiger charge is -2.06. The third-order valence-electron chi connectivity index (χ3n) is 3.06. The van der Waals surface area contributed by atoms with E-state index in [4.69, 9.17) is 10.5 Å². The largest absolute Gasteiger partial charge is 0.379 e. The Balaban J connectivity index is 1.70. The summed E-state index contributed by atoms with van der Waals surface area (Å²) in [5.74, 6) is 6.37. The lowest BCUT2D eigenvalue weighted by Crippen LogP contribution is -2.27. The number of ether oxygens (including phenoxy) is 1. The van der Waals surface area contributed by atoms with Gasteiger partial charge in [0, 0.05) is 24.3 Å². The van der Waals surface area contributed by atoms with Crippen LogP contribution in [-0.2, 0) is 4.74 Å². The molecule has 2 rings (SSSR count).